The number of rotatable bonds is 9. The quantitative estimate of drug-likeness (QED) is 0.250. The van der Waals surface area contributed by atoms with Gasteiger partial charge in [0.1, 0.15) is 12.2 Å². The Morgan fingerprint density at radius 2 is 1.50 bits per heavy atom. The third-order valence-corrected chi connectivity index (χ3v) is 8.05. The van der Waals surface area contributed by atoms with Crippen LogP contribution in [0.5, 0.6) is 0 Å². The normalized spacial score (nSPS) is 21.6. The lowest BCUT2D eigenvalue weighted by atomic mass is 9.90. The molecule has 8 heteroatoms. The zero-order valence-electron chi connectivity index (χ0n) is 23.2. The van der Waals surface area contributed by atoms with Gasteiger partial charge in [-0.3, -0.25) is 5.10 Å². The van der Waals surface area contributed by atoms with E-state index in [0.29, 0.717) is 25.2 Å². The molecule has 5 N–H and O–H groups in total. The highest BCUT2D eigenvalue weighted by Crippen LogP contribution is 2.30. The Hall–Kier alpha value is -3.88. The van der Waals surface area contributed by atoms with Crippen molar-refractivity contribution >= 4 is 22.8 Å². The van der Waals surface area contributed by atoms with Crippen LogP contribution in [0.15, 0.2) is 72.8 Å². The maximum atomic E-state index is 14.5. The van der Waals surface area contributed by atoms with Crippen molar-refractivity contribution in [1.29, 1.82) is 0 Å². The lowest BCUT2D eigenvalue weighted by Crippen LogP contribution is -2.51. The minimum atomic E-state index is -1.14. The minimum absolute atomic E-state index is 0.178. The predicted molar refractivity (Wildman–Crippen MR) is 158 cm³/mol. The van der Waals surface area contributed by atoms with Gasteiger partial charge in [0, 0.05) is 18.5 Å². The maximum Gasteiger partial charge on any atom is 0.321 e. The number of nitrogens with two attached hydrogens (primary N) is 1. The Morgan fingerprint density at radius 3 is 2.17 bits per heavy atom. The Labute approximate surface area is 235 Å². The Kier molecular flexibility index (Phi) is 8.38. The number of hydrogen-bond donors (Lipinski definition) is 4. The van der Waals surface area contributed by atoms with Crippen LogP contribution in [-0.4, -0.2) is 67.1 Å². The van der Waals surface area contributed by atoms with E-state index in [1.165, 1.54) is 0 Å². The second-order valence-electron chi connectivity index (χ2n) is 10.9. The number of aromatic nitrogens is 2. The molecule has 1 aromatic heterocycles. The van der Waals surface area contributed by atoms with Gasteiger partial charge in [-0.05, 0) is 55.0 Å². The van der Waals surface area contributed by atoms with Crippen LogP contribution in [-0.2, 0) is 19.4 Å². The van der Waals surface area contributed by atoms with Gasteiger partial charge in [-0.1, -0.05) is 79.6 Å². The van der Waals surface area contributed by atoms with Crippen molar-refractivity contribution in [2.24, 2.45) is 0 Å². The molecule has 1 fully saturated rings. The summed E-state index contributed by atoms with van der Waals surface area (Å²) in [5, 5.41) is 31.3. The van der Waals surface area contributed by atoms with Gasteiger partial charge in [-0.15, -0.1) is 0 Å². The van der Waals surface area contributed by atoms with Gasteiger partial charge in [-0.25, -0.2) is 4.79 Å². The number of H-pyrrole nitrogens is 1. The summed E-state index contributed by atoms with van der Waals surface area (Å²) >= 11 is 0. The van der Waals surface area contributed by atoms with Crippen LogP contribution in [0, 0.1) is 6.92 Å². The summed E-state index contributed by atoms with van der Waals surface area (Å²) in [5.74, 6) is 0.401. The molecule has 0 aliphatic carbocycles. The SMILES string of the molecule is CCCCN1C(=O)N(Cc2ccc3[nH]nc(N)c3c2)[C@H](Cc2ccccc2)[C@H](O)[C@@H](O)[C@H]1Cc1ccc(C)cc1. The van der Waals surface area contributed by atoms with Gasteiger partial charge in [0.25, 0.3) is 0 Å². The smallest absolute Gasteiger partial charge is 0.321 e. The van der Waals surface area contributed by atoms with Gasteiger partial charge in [0.05, 0.1) is 17.6 Å². The van der Waals surface area contributed by atoms with E-state index in [-0.39, 0.29) is 12.6 Å². The molecule has 40 heavy (non-hydrogen) atoms. The summed E-state index contributed by atoms with van der Waals surface area (Å²) < 4.78 is 0. The first-order valence-electron chi connectivity index (χ1n) is 14.1. The zero-order valence-corrected chi connectivity index (χ0v) is 23.2. The standard InChI is InChI=1S/C32H39N5O3/c1-3-4-16-36-27(19-23-12-10-21(2)11-13-23)29(38)30(39)28(18-22-8-6-5-7-9-22)37(32(36)40)20-24-14-15-26-25(17-24)31(33)35-34-26/h5-15,17,27-30,38-39H,3-4,16,18-20H2,1-2H3,(H3,33,34,35)/t27-,28-,29+,30+/m1/s1. The lowest BCUT2D eigenvalue weighted by Gasteiger charge is -2.35. The van der Waals surface area contributed by atoms with E-state index < -0.39 is 24.3 Å². The van der Waals surface area contributed by atoms with Crippen LogP contribution < -0.4 is 5.73 Å². The van der Waals surface area contributed by atoms with Crippen molar-refractivity contribution in [1.82, 2.24) is 20.0 Å². The highest BCUT2D eigenvalue weighted by atomic mass is 16.3. The topological polar surface area (TPSA) is 119 Å². The average molecular weight is 542 g/mol. The van der Waals surface area contributed by atoms with Crippen LogP contribution in [0.1, 0.15) is 42.0 Å². The van der Waals surface area contributed by atoms with Crippen LogP contribution >= 0.6 is 0 Å². The van der Waals surface area contributed by atoms with Crippen molar-refractivity contribution in [3.8, 4) is 0 Å². The number of hydrogen-bond acceptors (Lipinski definition) is 5. The van der Waals surface area contributed by atoms with E-state index in [4.69, 9.17) is 5.73 Å². The number of unbranched alkanes of at least 4 members (excludes halogenated alkanes) is 1. The molecule has 8 nitrogen and oxygen atoms in total. The Balaban J connectivity index is 1.55. The first kappa shape index (κ1) is 27.7. The molecule has 4 atom stereocenters. The summed E-state index contributed by atoms with van der Waals surface area (Å²) in [7, 11) is 0. The monoisotopic (exact) mass is 541 g/mol. The number of nitrogens with zero attached hydrogens (tertiary/aromatic N) is 3. The molecule has 0 spiro atoms. The number of aliphatic hydroxyl groups is 2. The van der Waals surface area contributed by atoms with E-state index in [9.17, 15) is 15.0 Å². The van der Waals surface area contributed by atoms with Gasteiger partial charge in [0.2, 0.25) is 0 Å². The van der Waals surface area contributed by atoms with Gasteiger partial charge >= 0.3 is 6.03 Å². The predicted octanol–water partition coefficient (Wildman–Crippen LogP) is 4.44. The van der Waals surface area contributed by atoms with Crippen LogP contribution in [0.4, 0.5) is 10.6 Å². The van der Waals surface area contributed by atoms with E-state index in [2.05, 4.69) is 17.1 Å². The summed E-state index contributed by atoms with van der Waals surface area (Å²) in [6.45, 7) is 4.88. The van der Waals surface area contributed by atoms with Crippen molar-refractivity contribution in [2.75, 3.05) is 12.3 Å². The number of nitrogens with one attached hydrogen (secondary N) is 1. The molecule has 0 bridgehead atoms. The summed E-state index contributed by atoms with van der Waals surface area (Å²) in [4.78, 5) is 18.0. The second-order valence-corrected chi connectivity index (χ2v) is 10.9. The number of carbonyl (C=O) groups excluding carboxylic acids is 1. The van der Waals surface area contributed by atoms with Crippen LogP contribution in [0.25, 0.3) is 10.9 Å². The van der Waals surface area contributed by atoms with Gasteiger partial charge in [0.15, 0.2) is 5.82 Å². The number of benzene rings is 3. The van der Waals surface area contributed by atoms with E-state index in [0.717, 1.165) is 46.0 Å². The number of fused-ring (bicyclic) bond motifs is 1. The molecule has 0 radical (unpaired) electrons. The Morgan fingerprint density at radius 1 is 0.875 bits per heavy atom. The van der Waals surface area contributed by atoms with E-state index >= 15 is 0 Å². The average Bonchev–Trinajstić information content (AvgIpc) is 3.32. The zero-order chi connectivity index (χ0) is 28.2. The largest absolute Gasteiger partial charge is 0.388 e. The molecule has 1 aliphatic rings. The highest BCUT2D eigenvalue weighted by molar-refractivity contribution is 5.89. The summed E-state index contributed by atoms with van der Waals surface area (Å²) in [6.07, 6.45) is 0.315. The molecule has 0 unspecified atom stereocenters. The molecule has 5 rings (SSSR count). The molecular formula is C32H39N5O3. The van der Waals surface area contributed by atoms with Crippen molar-refractivity contribution in [2.45, 2.75) is 70.4 Å². The fourth-order valence-corrected chi connectivity index (χ4v) is 5.71. The number of anilines is 1. The third-order valence-electron chi connectivity index (χ3n) is 8.05. The summed E-state index contributed by atoms with van der Waals surface area (Å²) in [5.41, 5.74) is 10.9. The molecular weight excluding hydrogens is 502 g/mol. The molecule has 1 aliphatic heterocycles. The number of nitrogen functional groups attached to an aromatic ring is 1. The lowest BCUT2D eigenvalue weighted by molar-refractivity contribution is -0.0402. The first-order valence-corrected chi connectivity index (χ1v) is 14.1. The van der Waals surface area contributed by atoms with Crippen molar-refractivity contribution < 1.29 is 15.0 Å². The molecule has 2 amide bonds. The number of carbonyl (C=O) groups is 1. The number of aryl methyl sites for hydroxylation is 1. The van der Waals surface area contributed by atoms with Crippen LogP contribution in [0.2, 0.25) is 0 Å². The van der Waals surface area contributed by atoms with E-state index in [1.807, 2.05) is 79.7 Å². The molecule has 210 valence electrons. The van der Waals surface area contributed by atoms with Crippen LogP contribution in [0.3, 0.4) is 0 Å². The van der Waals surface area contributed by atoms with Gasteiger partial charge < -0.3 is 25.7 Å². The highest BCUT2D eigenvalue weighted by Gasteiger charge is 2.46. The molecule has 2 heterocycles. The third kappa shape index (κ3) is 5.83. The van der Waals surface area contributed by atoms with Crippen molar-refractivity contribution in [3.05, 3.63) is 95.1 Å². The number of urea groups is 1. The fraction of sp³-hybridized carbons (Fsp3) is 0.375. The minimum Gasteiger partial charge on any atom is -0.388 e. The molecule has 3 aromatic carbocycles. The van der Waals surface area contributed by atoms with E-state index in [1.54, 1.807) is 9.80 Å². The van der Waals surface area contributed by atoms with Gasteiger partial charge in [-0.2, -0.15) is 5.10 Å². The molecule has 0 saturated carbocycles. The fourth-order valence-electron chi connectivity index (χ4n) is 5.71. The second kappa shape index (κ2) is 12.1. The number of amides is 2. The number of aromatic amines is 1. The number of aliphatic hydroxyl groups excluding tert-OH is 2. The molecule has 4 aromatic rings. The summed E-state index contributed by atoms with van der Waals surface area (Å²) in [6, 6.07) is 22.4. The maximum absolute atomic E-state index is 14.5. The molecule has 1 saturated heterocycles. The first-order chi connectivity index (χ1) is 19.4. The van der Waals surface area contributed by atoms with Crippen molar-refractivity contribution in [3.63, 3.8) is 0 Å². The Bertz CT molecular complexity index is 1420.